The predicted molar refractivity (Wildman–Crippen MR) is 115 cm³/mol. The molecule has 0 aliphatic heterocycles. The van der Waals surface area contributed by atoms with Crippen LogP contribution in [-0.2, 0) is 4.79 Å². The van der Waals surface area contributed by atoms with Gasteiger partial charge < -0.3 is 10.6 Å². The number of halogens is 1. The highest BCUT2D eigenvalue weighted by Gasteiger charge is 2.07. The lowest BCUT2D eigenvalue weighted by Crippen LogP contribution is -2.10. The van der Waals surface area contributed by atoms with Gasteiger partial charge in [-0.3, -0.25) is 4.79 Å². The molecule has 2 aromatic carbocycles. The monoisotopic (exact) mass is 397 g/mol. The highest BCUT2D eigenvalue weighted by molar-refractivity contribution is 7.14. The van der Waals surface area contributed by atoms with Gasteiger partial charge in [0.05, 0.1) is 5.69 Å². The summed E-state index contributed by atoms with van der Waals surface area (Å²) in [5, 5.41) is 8.82. The molecule has 1 amide bonds. The highest BCUT2D eigenvalue weighted by atomic mass is 32.1. The molecule has 6 heteroatoms. The molecule has 0 unspecified atom stereocenters. The summed E-state index contributed by atoms with van der Waals surface area (Å²) in [4.78, 5) is 16.5. The van der Waals surface area contributed by atoms with Crippen LogP contribution in [0.4, 0.5) is 20.9 Å². The first-order chi connectivity index (χ1) is 13.6. The van der Waals surface area contributed by atoms with Crippen LogP contribution in [0.5, 0.6) is 0 Å². The van der Waals surface area contributed by atoms with Crippen molar-refractivity contribution in [3.05, 3.63) is 59.7 Å². The second-order valence-electron chi connectivity index (χ2n) is 6.61. The maximum atomic E-state index is 13.0. The van der Waals surface area contributed by atoms with Crippen molar-refractivity contribution < 1.29 is 9.18 Å². The first-order valence-corrected chi connectivity index (χ1v) is 10.4. The van der Waals surface area contributed by atoms with E-state index >= 15 is 0 Å². The number of unbranched alkanes of at least 4 members (excludes halogenated alkanes) is 3. The molecule has 0 spiro atoms. The summed E-state index contributed by atoms with van der Waals surface area (Å²) in [5.41, 5.74) is 3.42. The molecule has 0 bridgehead atoms. The molecule has 146 valence electrons. The maximum Gasteiger partial charge on any atom is 0.224 e. The van der Waals surface area contributed by atoms with E-state index in [9.17, 15) is 9.18 Å². The first-order valence-electron chi connectivity index (χ1n) is 9.52. The normalized spacial score (nSPS) is 10.6. The summed E-state index contributed by atoms with van der Waals surface area (Å²) in [6.45, 7) is 2.16. The lowest BCUT2D eigenvalue weighted by molar-refractivity contribution is -0.116. The number of anilines is 3. The van der Waals surface area contributed by atoms with Gasteiger partial charge in [-0.15, -0.1) is 11.3 Å². The van der Waals surface area contributed by atoms with Gasteiger partial charge in [-0.25, -0.2) is 9.37 Å². The van der Waals surface area contributed by atoms with E-state index in [1.54, 1.807) is 12.1 Å². The molecule has 0 aliphatic carbocycles. The Morgan fingerprint density at radius 1 is 1.00 bits per heavy atom. The molecule has 0 aliphatic rings. The minimum atomic E-state index is -0.265. The number of thiazole rings is 1. The van der Waals surface area contributed by atoms with Gasteiger partial charge in [0.15, 0.2) is 5.13 Å². The van der Waals surface area contributed by atoms with Gasteiger partial charge in [0, 0.05) is 28.7 Å². The van der Waals surface area contributed by atoms with Gasteiger partial charge >= 0.3 is 0 Å². The second-order valence-corrected chi connectivity index (χ2v) is 7.46. The molecule has 4 nitrogen and oxygen atoms in total. The predicted octanol–water partition coefficient (Wildman–Crippen LogP) is 6.60. The van der Waals surface area contributed by atoms with Crippen molar-refractivity contribution in [3.63, 3.8) is 0 Å². The van der Waals surface area contributed by atoms with Gasteiger partial charge in [0.1, 0.15) is 5.82 Å². The first kappa shape index (κ1) is 20.0. The Balaban J connectivity index is 1.55. The number of rotatable bonds is 9. The van der Waals surface area contributed by atoms with E-state index in [1.165, 1.54) is 36.3 Å². The molecule has 2 N–H and O–H groups in total. The molecule has 0 saturated carbocycles. The zero-order chi connectivity index (χ0) is 19.8. The standard InChI is InChI=1S/C22H24FN3OS/c1-2-3-4-5-6-21(27)24-18-11-7-16(8-12-18)20-15-28-22(26-20)25-19-13-9-17(23)10-14-19/h7-15H,2-6H2,1H3,(H,24,27)(H,25,26). The molecular weight excluding hydrogens is 373 g/mol. The van der Waals surface area contributed by atoms with E-state index in [-0.39, 0.29) is 11.7 Å². The molecule has 28 heavy (non-hydrogen) atoms. The van der Waals surface area contributed by atoms with Gasteiger partial charge in [-0.2, -0.15) is 0 Å². The van der Waals surface area contributed by atoms with Crippen molar-refractivity contribution in [2.24, 2.45) is 0 Å². The Labute approximate surface area is 168 Å². The molecule has 0 fully saturated rings. The van der Waals surface area contributed by atoms with Crippen LogP contribution < -0.4 is 10.6 Å². The summed E-state index contributed by atoms with van der Waals surface area (Å²) in [7, 11) is 0. The van der Waals surface area contributed by atoms with E-state index in [0.717, 1.165) is 40.6 Å². The van der Waals surface area contributed by atoms with Crippen molar-refractivity contribution in [2.75, 3.05) is 10.6 Å². The summed E-state index contributed by atoms with van der Waals surface area (Å²) >= 11 is 1.49. The van der Waals surface area contributed by atoms with E-state index in [0.29, 0.717) is 6.42 Å². The summed E-state index contributed by atoms with van der Waals surface area (Å²) in [5.74, 6) is -0.207. The highest BCUT2D eigenvalue weighted by Crippen LogP contribution is 2.28. The fourth-order valence-corrected chi connectivity index (χ4v) is 3.52. The van der Waals surface area contributed by atoms with Crippen LogP contribution in [0.25, 0.3) is 11.3 Å². The van der Waals surface area contributed by atoms with Gasteiger partial charge in [-0.1, -0.05) is 38.3 Å². The van der Waals surface area contributed by atoms with Crippen LogP contribution in [0.2, 0.25) is 0 Å². The smallest absolute Gasteiger partial charge is 0.224 e. The Bertz CT molecular complexity index is 891. The Morgan fingerprint density at radius 2 is 1.71 bits per heavy atom. The van der Waals surface area contributed by atoms with Crippen molar-refractivity contribution in [1.29, 1.82) is 0 Å². The molecule has 0 radical (unpaired) electrons. The Morgan fingerprint density at radius 3 is 2.43 bits per heavy atom. The topological polar surface area (TPSA) is 54.0 Å². The van der Waals surface area contributed by atoms with E-state index in [2.05, 4.69) is 22.5 Å². The van der Waals surface area contributed by atoms with Crippen molar-refractivity contribution >= 4 is 33.8 Å². The third-order valence-electron chi connectivity index (χ3n) is 4.32. The van der Waals surface area contributed by atoms with E-state index in [1.807, 2.05) is 29.6 Å². The average molecular weight is 398 g/mol. The summed E-state index contributed by atoms with van der Waals surface area (Å²) < 4.78 is 13.0. The molecule has 1 aromatic heterocycles. The SMILES string of the molecule is CCCCCCC(=O)Nc1ccc(-c2csc(Nc3ccc(F)cc3)n2)cc1. The lowest BCUT2D eigenvalue weighted by Gasteiger charge is -2.06. The fourth-order valence-electron chi connectivity index (χ4n) is 2.78. The lowest BCUT2D eigenvalue weighted by atomic mass is 10.1. The maximum absolute atomic E-state index is 13.0. The van der Waals surface area contributed by atoms with Gasteiger partial charge in [0.2, 0.25) is 5.91 Å². The number of amides is 1. The third kappa shape index (κ3) is 5.89. The molecule has 0 atom stereocenters. The van der Waals surface area contributed by atoms with Crippen molar-refractivity contribution in [2.45, 2.75) is 39.0 Å². The molecule has 1 heterocycles. The minimum Gasteiger partial charge on any atom is -0.332 e. The van der Waals surface area contributed by atoms with Crippen LogP contribution in [-0.4, -0.2) is 10.9 Å². The third-order valence-corrected chi connectivity index (χ3v) is 5.08. The summed E-state index contributed by atoms with van der Waals surface area (Å²) in [6, 6.07) is 13.9. The number of aromatic nitrogens is 1. The number of nitrogens with one attached hydrogen (secondary N) is 2. The quantitative estimate of drug-likeness (QED) is 0.400. The second kappa shape index (κ2) is 9.99. The largest absolute Gasteiger partial charge is 0.332 e. The average Bonchev–Trinajstić information content (AvgIpc) is 3.16. The Hall–Kier alpha value is -2.73. The van der Waals surface area contributed by atoms with Crippen LogP contribution in [0, 0.1) is 5.82 Å². The van der Waals surface area contributed by atoms with E-state index < -0.39 is 0 Å². The number of carbonyl (C=O) groups excluding carboxylic acids is 1. The van der Waals surface area contributed by atoms with Crippen molar-refractivity contribution in [3.8, 4) is 11.3 Å². The van der Waals surface area contributed by atoms with E-state index in [4.69, 9.17) is 0 Å². The summed E-state index contributed by atoms with van der Waals surface area (Å²) in [6.07, 6.45) is 4.93. The number of carbonyl (C=O) groups is 1. The van der Waals surface area contributed by atoms with Gasteiger partial charge in [-0.05, 0) is 42.8 Å². The molecule has 3 rings (SSSR count). The van der Waals surface area contributed by atoms with Crippen LogP contribution in [0.15, 0.2) is 53.9 Å². The Kier molecular flexibility index (Phi) is 7.14. The van der Waals surface area contributed by atoms with Crippen LogP contribution in [0.3, 0.4) is 0 Å². The minimum absolute atomic E-state index is 0.0586. The van der Waals surface area contributed by atoms with Gasteiger partial charge in [0.25, 0.3) is 0 Å². The fraction of sp³-hybridized carbons (Fsp3) is 0.273. The van der Waals surface area contributed by atoms with Crippen molar-refractivity contribution in [1.82, 2.24) is 4.98 Å². The molecular formula is C22H24FN3OS. The van der Waals surface area contributed by atoms with Crippen LogP contribution >= 0.6 is 11.3 Å². The number of benzene rings is 2. The number of hydrogen-bond donors (Lipinski definition) is 2. The number of nitrogens with zero attached hydrogens (tertiary/aromatic N) is 1. The zero-order valence-corrected chi connectivity index (χ0v) is 16.7. The number of hydrogen-bond acceptors (Lipinski definition) is 4. The zero-order valence-electron chi connectivity index (χ0n) is 15.9. The molecule has 3 aromatic rings. The van der Waals surface area contributed by atoms with Crippen LogP contribution in [0.1, 0.15) is 39.0 Å². The molecule has 0 saturated heterocycles.